The Morgan fingerprint density at radius 2 is 0.944 bits per heavy atom. The quantitative estimate of drug-likeness (QED) is 0.325. The summed E-state index contributed by atoms with van der Waals surface area (Å²) in [5, 5.41) is 0. The molecule has 0 radical (unpaired) electrons. The van der Waals surface area contributed by atoms with E-state index in [-0.39, 0.29) is 35.8 Å². The minimum Gasteiger partial charge on any atom is -0.488 e. The van der Waals surface area contributed by atoms with Crippen molar-refractivity contribution in [2.45, 2.75) is 66.0 Å². The van der Waals surface area contributed by atoms with Gasteiger partial charge >= 0.3 is 11.9 Å². The number of carbonyl (C=O) groups excluding carboxylic acids is 2. The molecule has 6 nitrogen and oxygen atoms in total. The zero-order valence-corrected chi connectivity index (χ0v) is 21.8. The topological polar surface area (TPSA) is 71.1 Å². The van der Waals surface area contributed by atoms with Gasteiger partial charge in [0.25, 0.3) is 0 Å². The molecule has 0 heterocycles. The van der Waals surface area contributed by atoms with Crippen LogP contribution in [-0.4, -0.2) is 23.1 Å². The molecule has 0 saturated carbocycles. The second-order valence-electron chi connectivity index (χ2n) is 10.4. The molecule has 3 rings (SSSR count). The van der Waals surface area contributed by atoms with E-state index < -0.39 is 23.1 Å². The lowest BCUT2D eigenvalue weighted by atomic mass is 10.1. The summed E-state index contributed by atoms with van der Waals surface area (Å²) in [6, 6.07) is 22.2. The summed E-state index contributed by atoms with van der Waals surface area (Å²) in [5.41, 5.74) is 0.624. The zero-order chi connectivity index (χ0) is 26.3. The molecule has 0 bridgehead atoms. The van der Waals surface area contributed by atoms with Gasteiger partial charge in [0.1, 0.15) is 47.0 Å². The maximum absolute atomic E-state index is 13.1. The Morgan fingerprint density at radius 3 is 1.28 bits per heavy atom. The Morgan fingerprint density at radius 1 is 0.583 bits per heavy atom. The number of benzene rings is 3. The minimum atomic E-state index is -0.734. The van der Waals surface area contributed by atoms with Gasteiger partial charge in [-0.3, -0.25) is 0 Å². The van der Waals surface area contributed by atoms with Gasteiger partial charge in [-0.2, -0.15) is 0 Å². The van der Waals surface area contributed by atoms with Crippen LogP contribution in [0.15, 0.2) is 72.8 Å². The summed E-state index contributed by atoms with van der Waals surface area (Å²) in [5.74, 6) is -0.707. The molecule has 0 saturated heterocycles. The van der Waals surface area contributed by atoms with Crippen molar-refractivity contribution in [2.75, 3.05) is 0 Å². The zero-order valence-electron chi connectivity index (χ0n) is 21.8. The van der Waals surface area contributed by atoms with Gasteiger partial charge in [-0.1, -0.05) is 60.7 Å². The fraction of sp³-hybridized carbons (Fsp3) is 0.333. The summed E-state index contributed by atoms with van der Waals surface area (Å²) < 4.78 is 23.3. The second kappa shape index (κ2) is 11.3. The van der Waals surface area contributed by atoms with Crippen LogP contribution in [0.5, 0.6) is 11.5 Å². The summed E-state index contributed by atoms with van der Waals surface area (Å²) in [6.07, 6.45) is 0. The molecule has 190 valence electrons. The third-order valence-corrected chi connectivity index (χ3v) is 4.79. The fourth-order valence-corrected chi connectivity index (χ4v) is 3.26. The fourth-order valence-electron chi connectivity index (χ4n) is 3.26. The van der Waals surface area contributed by atoms with Gasteiger partial charge in [0.2, 0.25) is 0 Å². The molecule has 0 atom stereocenters. The maximum Gasteiger partial charge on any atom is 0.342 e. The van der Waals surface area contributed by atoms with Crippen molar-refractivity contribution in [1.29, 1.82) is 0 Å². The van der Waals surface area contributed by atoms with Crippen molar-refractivity contribution in [3.8, 4) is 11.5 Å². The average molecular weight is 491 g/mol. The first-order valence-electron chi connectivity index (χ1n) is 11.9. The van der Waals surface area contributed by atoms with Crippen LogP contribution < -0.4 is 9.47 Å². The predicted octanol–water partition coefficient (Wildman–Crippen LogP) is 6.76. The molecule has 0 aromatic heterocycles. The third-order valence-electron chi connectivity index (χ3n) is 4.79. The smallest absolute Gasteiger partial charge is 0.342 e. The highest BCUT2D eigenvalue weighted by Gasteiger charge is 2.28. The number of carbonyl (C=O) groups is 2. The lowest BCUT2D eigenvalue weighted by Gasteiger charge is -2.23. The highest BCUT2D eigenvalue weighted by Crippen LogP contribution is 2.33. The molecule has 3 aromatic carbocycles. The molecule has 0 aliphatic heterocycles. The Balaban J connectivity index is 2.04. The lowest BCUT2D eigenvalue weighted by molar-refractivity contribution is 0.00644. The molecule has 36 heavy (non-hydrogen) atoms. The number of ether oxygens (including phenoxy) is 4. The molecular weight excluding hydrogens is 456 g/mol. The Kier molecular flexibility index (Phi) is 8.41. The molecule has 0 unspecified atom stereocenters. The van der Waals surface area contributed by atoms with E-state index in [0.717, 1.165) is 11.1 Å². The summed E-state index contributed by atoms with van der Waals surface area (Å²) >= 11 is 0. The van der Waals surface area contributed by atoms with Gasteiger partial charge in [-0.25, -0.2) is 9.59 Å². The van der Waals surface area contributed by atoms with Gasteiger partial charge in [0.15, 0.2) is 0 Å². The highest BCUT2D eigenvalue weighted by molar-refractivity contribution is 5.99. The Bertz CT molecular complexity index is 1080. The molecule has 0 aliphatic rings. The average Bonchev–Trinajstić information content (AvgIpc) is 2.80. The number of hydrogen-bond donors (Lipinski definition) is 0. The maximum atomic E-state index is 13.1. The van der Waals surface area contributed by atoms with E-state index in [9.17, 15) is 9.59 Å². The van der Waals surface area contributed by atoms with Crippen LogP contribution in [0.2, 0.25) is 0 Å². The lowest BCUT2D eigenvalue weighted by Crippen LogP contribution is -2.26. The molecule has 0 spiro atoms. The molecule has 6 heteroatoms. The van der Waals surface area contributed by atoms with E-state index in [0.29, 0.717) is 0 Å². The van der Waals surface area contributed by atoms with Crippen LogP contribution in [0.25, 0.3) is 0 Å². The first-order chi connectivity index (χ1) is 16.9. The van der Waals surface area contributed by atoms with Crippen LogP contribution in [0.1, 0.15) is 73.4 Å². The number of hydrogen-bond acceptors (Lipinski definition) is 6. The van der Waals surface area contributed by atoms with Gasteiger partial charge in [-0.15, -0.1) is 0 Å². The van der Waals surface area contributed by atoms with E-state index >= 15 is 0 Å². The van der Waals surface area contributed by atoms with E-state index in [1.54, 1.807) is 47.6 Å². The SMILES string of the molecule is CC(C)(C)OC(=O)c1cc(C(=O)OC(C)(C)C)c(OCc2ccccc2)cc1OCc1ccccc1. The molecule has 0 amide bonds. The Hall–Kier alpha value is -3.80. The van der Waals surface area contributed by atoms with Crippen molar-refractivity contribution >= 4 is 11.9 Å². The standard InChI is InChI=1S/C30H34O6/c1-29(2,3)35-27(31)23-17-24(28(32)36-30(4,5)6)26(34-20-22-15-11-8-12-16-22)18-25(23)33-19-21-13-9-7-10-14-21/h7-18H,19-20H2,1-6H3. The third kappa shape index (κ3) is 8.15. The first-order valence-corrected chi connectivity index (χ1v) is 11.9. The van der Waals surface area contributed by atoms with Crippen molar-refractivity contribution in [1.82, 2.24) is 0 Å². The summed E-state index contributed by atoms with van der Waals surface area (Å²) in [6.45, 7) is 11.1. The molecular formula is C30H34O6. The predicted molar refractivity (Wildman–Crippen MR) is 138 cm³/mol. The second-order valence-corrected chi connectivity index (χ2v) is 10.4. The monoisotopic (exact) mass is 490 g/mol. The van der Waals surface area contributed by atoms with Crippen molar-refractivity contribution in [3.63, 3.8) is 0 Å². The number of esters is 2. The van der Waals surface area contributed by atoms with Gasteiger partial charge in [0.05, 0.1) is 0 Å². The molecule has 3 aromatic rings. The van der Waals surface area contributed by atoms with E-state index in [1.165, 1.54) is 6.07 Å². The molecule has 0 N–H and O–H groups in total. The van der Waals surface area contributed by atoms with Gasteiger partial charge < -0.3 is 18.9 Å². The van der Waals surface area contributed by atoms with Gasteiger partial charge in [-0.05, 0) is 58.7 Å². The number of rotatable bonds is 8. The van der Waals surface area contributed by atoms with Crippen LogP contribution in [0.4, 0.5) is 0 Å². The first kappa shape index (κ1) is 26.8. The molecule has 0 fully saturated rings. The summed E-state index contributed by atoms with van der Waals surface area (Å²) in [7, 11) is 0. The van der Waals surface area contributed by atoms with Crippen molar-refractivity contribution in [2.24, 2.45) is 0 Å². The summed E-state index contributed by atoms with van der Waals surface area (Å²) in [4.78, 5) is 26.3. The Labute approximate surface area is 213 Å². The van der Waals surface area contributed by atoms with Crippen LogP contribution >= 0.6 is 0 Å². The van der Waals surface area contributed by atoms with Crippen molar-refractivity contribution < 1.29 is 28.5 Å². The molecule has 0 aliphatic carbocycles. The largest absolute Gasteiger partial charge is 0.488 e. The normalized spacial score (nSPS) is 11.5. The van der Waals surface area contributed by atoms with Crippen LogP contribution in [-0.2, 0) is 22.7 Å². The highest BCUT2D eigenvalue weighted by atomic mass is 16.6. The van der Waals surface area contributed by atoms with Crippen LogP contribution in [0.3, 0.4) is 0 Å². The minimum absolute atomic E-state index is 0.119. The van der Waals surface area contributed by atoms with Crippen molar-refractivity contribution in [3.05, 3.63) is 95.1 Å². The van der Waals surface area contributed by atoms with E-state index in [1.807, 2.05) is 60.7 Å². The van der Waals surface area contributed by atoms with Gasteiger partial charge in [0, 0.05) is 6.07 Å². The van der Waals surface area contributed by atoms with Crippen LogP contribution in [0, 0.1) is 0 Å². The van der Waals surface area contributed by atoms with E-state index in [4.69, 9.17) is 18.9 Å². The van der Waals surface area contributed by atoms with E-state index in [2.05, 4.69) is 0 Å².